The topological polar surface area (TPSA) is 57.6 Å². The highest BCUT2D eigenvalue weighted by Gasteiger charge is 2.14. The third-order valence-electron chi connectivity index (χ3n) is 4.30. The smallest absolute Gasteiger partial charge is 0.225 e. The van der Waals surface area contributed by atoms with E-state index in [2.05, 4.69) is 18.9 Å². The number of carbonyl (C=O) groups is 2. The van der Waals surface area contributed by atoms with E-state index in [9.17, 15) is 14.7 Å². The van der Waals surface area contributed by atoms with Crippen molar-refractivity contribution in [3.05, 3.63) is 53.6 Å². The average Bonchev–Trinajstić information content (AvgIpc) is 2.54. The van der Waals surface area contributed by atoms with Crippen LogP contribution in [0.1, 0.15) is 25.3 Å². The summed E-state index contributed by atoms with van der Waals surface area (Å²) >= 11 is 0. The molecule has 1 aliphatic rings. The number of phenolic OH excluding ortho intramolecular Hbond substituents is 1. The van der Waals surface area contributed by atoms with Crippen LogP contribution < -0.4 is 0 Å². The summed E-state index contributed by atoms with van der Waals surface area (Å²) in [6.07, 6.45) is 7.27. The van der Waals surface area contributed by atoms with Gasteiger partial charge in [0.15, 0.2) is 0 Å². The molecule has 122 valence electrons. The van der Waals surface area contributed by atoms with Crippen LogP contribution in [-0.4, -0.2) is 41.2 Å². The zero-order valence-corrected chi connectivity index (χ0v) is 13.7. The molecule has 4 heteroatoms. The first-order valence-electron chi connectivity index (χ1n) is 7.91. The van der Waals surface area contributed by atoms with Crippen molar-refractivity contribution in [3.8, 4) is 5.75 Å². The molecular formula is C19H23NO3. The van der Waals surface area contributed by atoms with Crippen LogP contribution in [0.25, 0.3) is 0 Å². The molecule has 0 aromatic heterocycles. The lowest BCUT2D eigenvalue weighted by Gasteiger charge is -2.25. The molecule has 1 N–H and O–H groups in total. The molecule has 0 saturated heterocycles. The van der Waals surface area contributed by atoms with Gasteiger partial charge in [-0.3, -0.25) is 9.59 Å². The molecule has 1 unspecified atom stereocenters. The second-order valence-corrected chi connectivity index (χ2v) is 6.07. The monoisotopic (exact) mass is 313 g/mol. The number of benzene rings is 1. The van der Waals surface area contributed by atoms with Crippen LogP contribution in [0.5, 0.6) is 5.75 Å². The van der Waals surface area contributed by atoms with Crippen molar-refractivity contribution < 1.29 is 14.7 Å². The van der Waals surface area contributed by atoms with E-state index in [0.29, 0.717) is 11.8 Å². The predicted octanol–water partition coefficient (Wildman–Crippen LogP) is 2.67. The van der Waals surface area contributed by atoms with Crippen LogP contribution in [0.2, 0.25) is 0 Å². The minimum absolute atomic E-state index is 0.292. The predicted molar refractivity (Wildman–Crippen MR) is 90.4 cm³/mol. The number of allylic oxidation sites excluding steroid dienone is 3. The van der Waals surface area contributed by atoms with Gasteiger partial charge in [0.05, 0.1) is 0 Å². The Balaban J connectivity index is 1.76. The first-order chi connectivity index (χ1) is 11.0. The largest absolute Gasteiger partial charge is 0.508 e. The molecule has 4 nitrogen and oxygen atoms in total. The number of phenols is 1. The fourth-order valence-corrected chi connectivity index (χ4v) is 2.49. The van der Waals surface area contributed by atoms with E-state index < -0.39 is 11.6 Å². The van der Waals surface area contributed by atoms with Crippen molar-refractivity contribution in [2.45, 2.75) is 32.2 Å². The zero-order chi connectivity index (χ0) is 16.8. The molecule has 0 aliphatic heterocycles. The minimum Gasteiger partial charge on any atom is -0.508 e. The van der Waals surface area contributed by atoms with Crippen molar-refractivity contribution in [1.29, 1.82) is 0 Å². The van der Waals surface area contributed by atoms with Crippen LogP contribution in [0.3, 0.4) is 0 Å². The van der Waals surface area contributed by atoms with Gasteiger partial charge in [-0.2, -0.15) is 0 Å². The summed E-state index contributed by atoms with van der Waals surface area (Å²) in [5.74, 6) is -0.573. The summed E-state index contributed by atoms with van der Waals surface area (Å²) in [7, 11) is 2.07. The lowest BCUT2D eigenvalue weighted by molar-refractivity contribution is -0.131. The summed E-state index contributed by atoms with van der Waals surface area (Å²) in [5, 5.41) is 9.29. The van der Waals surface area contributed by atoms with E-state index in [4.69, 9.17) is 0 Å². The van der Waals surface area contributed by atoms with Gasteiger partial charge in [0.25, 0.3) is 0 Å². The van der Waals surface area contributed by atoms with Gasteiger partial charge in [-0.05, 0) is 68.7 Å². The maximum absolute atomic E-state index is 11.4. The summed E-state index contributed by atoms with van der Waals surface area (Å²) in [6.45, 7) is 3.02. The van der Waals surface area contributed by atoms with Crippen LogP contribution in [0.15, 0.2) is 48.1 Å². The van der Waals surface area contributed by atoms with Gasteiger partial charge in [-0.1, -0.05) is 18.2 Å². The molecule has 0 amide bonds. The molecule has 2 rings (SSSR count). The summed E-state index contributed by atoms with van der Waals surface area (Å²) in [6, 6.07) is 7.73. The van der Waals surface area contributed by atoms with Gasteiger partial charge in [0.2, 0.25) is 11.6 Å². The molecule has 0 spiro atoms. The molecule has 0 fully saturated rings. The van der Waals surface area contributed by atoms with Crippen LogP contribution in [0.4, 0.5) is 0 Å². The first kappa shape index (κ1) is 17.2. The van der Waals surface area contributed by atoms with Crippen LogP contribution in [0, 0.1) is 0 Å². The molecule has 23 heavy (non-hydrogen) atoms. The summed E-state index contributed by atoms with van der Waals surface area (Å²) < 4.78 is 0. The van der Waals surface area contributed by atoms with Gasteiger partial charge >= 0.3 is 0 Å². The van der Waals surface area contributed by atoms with E-state index in [1.807, 2.05) is 12.1 Å². The Morgan fingerprint density at radius 3 is 2.39 bits per heavy atom. The van der Waals surface area contributed by atoms with Crippen molar-refractivity contribution in [2.24, 2.45) is 0 Å². The molecular weight excluding hydrogens is 290 g/mol. The maximum Gasteiger partial charge on any atom is 0.225 e. The van der Waals surface area contributed by atoms with Crippen molar-refractivity contribution >= 4 is 11.6 Å². The number of ketones is 2. The molecule has 0 bridgehead atoms. The average molecular weight is 313 g/mol. The Hall–Kier alpha value is -2.20. The third-order valence-corrected chi connectivity index (χ3v) is 4.30. The van der Waals surface area contributed by atoms with Crippen molar-refractivity contribution in [3.63, 3.8) is 0 Å². The van der Waals surface area contributed by atoms with Crippen LogP contribution in [-0.2, 0) is 16.0 Å². The minimum atomic E-state index is -0.440. The van der Waals surface area contributed by atoms with E-state index in [0.717, 1.165) is 31.4 Å². The Morgan fingerprint density at radius 2 is 1.74 bits per heavy atom. The molecule has 0 saturated carbocycles. The number of carbonyl (C=O) groups excluding carboxylic acids is 2. The highest BCUT2D eigenvalue weighted by Crippen LogP contribution is 2.15. The van der Waals surface area contributed by atoms with E-state index in [1.165, 1.54) is 17.7 Å². The Kier molecular flexibility index (Phi) is 5.88. The van der Waals surface area contributed by atoms with Crippen LogP contribution >= 0.6 is 0 Å². The number of rotatable bonds is 7. The Labute approximate surface area is 137 Å². The normalized spacial score (nSPS) is 15.9. The number of nitrogens with zero attached hydrogens (tertiary/aromatic N) is 1. The molecule has 1 aromatic rings. The standard InChI is InChI=1S/C19H23NO3/c1-14(3-4-15-5-8-17(21)9-6-15)20(2)12-11-16-7-10-18(22)19(23)13-16/h5-10,13-14,21H,3-4,11-12H2,1-2H3. The van der Waals surface area contributed by atoms with Gasteiger partial charge in [-0.15, -0.1) is 0 Å². The molecule has 1 aliphatic carbocycles. The molecule has 1 atom stereocenters. The quantitative estimate of drug-likeness (QED) is 0.621. The second-order valence-electron chi connectivity index (χ2n) is 6.07. The number of hydrogen-bond donors (Lipinski definition) is 1. The second kappa shape index (κ2) is 7.88. The van der Waals surface area contributed by atoms with Gasteiger partial charge in [0.1, 0.15) is 5.75 Å². The lowest BCUT2D eigenvalue weighted by atomic mass is 10.0. The molecule has 0 radical (unpaired) electrons. The fourth-order valence-electron chi connectivity index (χ4n) is 2.49. The number of aryl methyl sites for hydroxylation is 1. The van der Waals surface area contributed by atoms with Crippen molar-refractivity contribution in [2.75, 3.05) is 13.6 Å². The summed E-state index contributed by atoms with van der Waals surface area (Å²) in [5.41, 5.74) is 2.12. The maximum atomic E-state index is 11.4. The fraction of sp³-hybridized carbons (Fsp3) is 0.368. The zero-order valence-electron chi connectivity index (χ0n) is 13.7. The SMILES string of the molecule is CC(CCc1ccc(O)cc1)N(C)CCC1=CC(=O)C(=O)C=C1. The van der Waals surface area contributed by atoms with Gasteiger partial charge in [-0.25, -0.2) is 0 Å². The van der Waals surface area contributed by atoms with Gasteiger partial charge in [0, 0.05) is 12.6 Å². The third kappa shape index (κ3) is 5.18. The first-order valence-corrected chi connectivity index (χ1v) is 7.91. The molecule has 0 heterocycles. The highest BCUT2D eigenvalue weighted by molar-refractivity contribution is 6.46. The number of hydrogen-bond acceptors (Lipinski definition) is 4. The lowest BCUT2D eigenvalue weighted by Crippen LogP contribution is -2.30. The highest BCUT2D eigenvalue weighted by atomic mass is 16.3. The van der Waals surface area contributed by atoms with Crippen molar-refractivity contribution in [1.82, 2.24) is 4.90 Å². The van der Waals surface area contributed by atoms with E-state index in [1.54, 1.807) is 18.2 Å². The summed E-state index contributed by atoms with van der Waals surface area (Å²) in [4.78, 5) is 24.7. The van der Waals surface area contributed by atoms with E-state index in [-0.39, 0.29) is 0 Å². The Bertz CT molecular complexity index is 629. The molecule has 1 aromatic carbocycles. The Morgan fingerprint density at radius 1 is 1.04 bits per heavy atom. The number of aromatic hydroxyl groups is 1. The van der Waals surface area contributed by atoms with E-state index >= 15 is 0 Å². The van der Waals surface area contributed by atoms with Gasteiger partial charge < -0.3 is 10.0 Å².